The van der Waals surface area contributed by atoms with Gasteiger partial charge in [0.05, 0.1) is 22.7 Å². The third-order valence-electron chi connectivity index (χ3n) is 6.42. The second kappa shape index (κ2) is 9.23. The summed E-state index contributed by atoms with van der Waals surface area (Å²) < 4.78 is 7.28. The highest BCUT2D eigenvalue weighted by Gasteiger charge is 2.34. The standard InChI is InChI=1S/C25H29ClN2O2/c1-30-16-15-28-17-20(23-21(26)11-8-12-22(23)28)24(29)27-18-25(13-6-3-7-14-25)19-9-4-2-5-10-19/h2,4-5,8-12,17H,3,6-7,13-16,18H2,1H3,(H,27,29). The van der Waals surface area contributed by atoms with E-state index in [0.717, 1.165) is 23.7 Å². The highest BCUT2D eigenvalue weighted by atomic mass is 35.5. The Hall–Kier alpha value is -2.30. The van der Waals surface area contributed by atoms with Crippen LogP contribution in [0.5, 0.6) is 0 Å². The molecule has 0 aliphatic heterocycles. The lowest BCUT2D eigenvalue weighted by atomic mass is 9.69. The molecule has 1 heterocycles. The molecule has 4 nitrogen and oxygen atoms in total. The van der Waals surface area contributed by atoms with Crippen molar-refractivity contribution in [1.29, 1.82) is 0 Å². The lowest BCUT2D eigenvalue weighted by Crippen LogP contribution is -2.42. The lowest BCUT2D eigenvalue weighted by Gasteiger charge is -2.38. The van der Waals surface area contributed by atoms with Crippen LogP contribution >= 0.6 is 11.6 Å². The Bertz CT molecular complexity index is 1010. The summed E-state index contributed by atoms with van der Waals surface area (Å²) in [6.45, 7) is 1.90. The second-order valence-electron chi connectivity index (χ2n) is 8.25. The molecule has 2 aromatic carbocycles. The topological polar surface area (TPSA) is 43.3 Å². The minimum Gasteiger partial charge on any atom is -0.383 e. The SMILES string of the molecule is COCCn1cc(C(=O)NCC2(c3ccccc3)CCCCC2)c2c(Cl)cccc21. The normalized spacial score (nSPS) is 15.9. The number of hydrogen-bond donors (Lipinski definition) is 1. The maximum Gasteiger partial charge on any atom is 0.253 e. The first-order valence-corrected chi connectivity index (χ1v) is 11.1. The zero-order chi connectivity index (χ0) is 21.0. The molecular weight excluding hydrogens is 396 g/mol. The molecule has 3 aromatic rings. The van der Waals surface area contributed by atoms with Crippen molar-refractivity contribution >= 4 is 28.4 Å². The van der Waals surface area contributed by atoms with E-state index in [1.54, 1.807) is 7.11 Å². The first kappa shape index (κ1) is 21.0. The fourth-order valence-corrected chi connectivity index (χ4v) is 5.06. The predicted molar refractivity (Wildman–Crippen MR) is 122 cm³/mol. The van der Waals surface area contributed by atoms with Gasteiger partial charge < -0.3 is 14.6 Å². The summed E-state index contributed by atoms with van der Waals surface area (Å²) in [5, 5.41) is 4.67. The fraction of sp³-hybridized carbons (Fsp3) is 0.400. The number of amides is 1. The van der Waals surface area contributed by atoms with E-state index in [9.17, 15) is 4.79 Å². The Morgan fingerprint density at radius 3 is 2.60 bits per heavy atom. The minimum absolute atomic E-state index is 0.00733. The van der Waals surface area contributed by atoms with Crippen LogP contribution in [0, 0.1) is 0 Å². The van der Waals surface area contributed by atoms with Gasteiger partial charge in [-0.3, -0.25) is 4.79 Å². The third kappa shape index (κ3) is 4.12. The maximum atomic E-state index is 13.3. The van der Waals surface area contributed by atoms with Gasteiger partial charge in [0.25, 0.3) is 5.91 Å². The highest BCUT2D eigenvalue weighted by Crippen LogP contribution is 2.39. The van der Waals surface area contributed by atoms with Crippen LogP contribution in [0.4, 0.5) is 0 Å². The zero-order valence-electron chi connectivity index (χ0n) is 17.5. The van der Waals surface area contributed by atoms with Gasteiger partial charge in [-0.05, 0) is 30.5 Å². The van der Waals surface area contributed by atoms with Gasteiger partial charge in [-0.15, -0.1) is 0 Å². The molecule has 0 radical (unpaired) electrons. The Kier molecular flexibility index (Phi) is 6.45. The zero-order valence-corrected chi connectivity index (χ0v) is 18.3. The molecule has 158 valence electrons. The summed E-state index contributed by atoms with van der Waals surface area (Å²) >= 11 is 6.50. The monoisotopic (exact) mass is 424 g/mol. The first-order chi connectivity index (χ1) is 14.6. The van der Waals surface area contributed by atoms with Crippen LogP contribution in [0.25, 0.3) is 10.9 Å². The summed E-state index contributed by atoms with van der Waals surface area (Å²) in [5.74, 6) is -0.0647. The summed E-state index contributed by atoms with van der Waals surface area (Å²) in [4.78, 5) is 13.3. The van der Waals surface area contributed by atoms with Crippen molar-refractivity contribution in [3.8, 4) is 0 Å². The van der Waals surface area contributed by atoms with E-state index >= 15 is 0 Å². The number of carbonyl (C=O) groups is 1. The van der Waals surface area contributed by atoms with Crippen LogP contribution in [0.2, 0.25) is 5.02 Å². The van der Waals surface area contributed by atoms with Crippen LogP contribution in [-0.2, 0) is 16.7 Å². The first-order valence-electron chi connectivity index (χ1n) is 10.7. The van der Waals surface area contributed by atoms with Crippen molar-refractivity contribution < 1.29 is 9.53 Å². The Morgan fingerprint density at radius 2 is 1.87 bits per heavy atom. The minimum atomic E-state index is -0.0647. The number of carbonyl (C=O) groups excluding carboxylic acids is 1. The number of aromatic nitrogens is 1. The Labute approximate surface area is 183 Å². The molecule has 4 rings (SSSR count). The molecule has 0 unspecified atom stereocenters. The van der Waals surface area contributed by atoms with Gasteiger partial charge in [-0.25, -0.2) is 0 Å². The van der Waals surface area contributed by atoms with Gasteiger partial charge in [0, 0.05) is 37.2 Å². The van der Waals surface area contributed by atoms with Crippen molar-refractivity contribution in [2.75, 3.05) is 20.3 Å². The second-order valence-corrected chi connectivity index (χ2v) is 8.66. The average Bonchev–Trinajstić information content (AvgIpc) is 3.17. The van der Waals surface area contributed by atoms with Crippen molar-refractivity contribution in [1.82, 2.24) is 9.88 Å². The van der Waals surface area contributed by atoms with E-state index < -0.39 is 0 Å². The Morgan fingerprint density at radius 1 is 1.10 bits per heavy atom. The predicted octanol–water partition coefficient (Wildman–Crippen LogP) is 5.57. The van der Waals surface area contributed by atoms with Crippen molar-refractivity contribution in [2.24, 2.45) is 0 Å². The largest absolute Gasteiger partial charge is 0.383 e. The van der Waals surface area contributed by atoms with Crippen molar-refractivity contribution in [2.45, 2.75) is 44.1 Å². The van der Waals surface area contributed by atoms with Crippen LogP contribution in [0.3, 0.4) is 0 Å². The van der Waals surface area contributed by atoms with Crippen LogP contribution in [-0.4, -0.2) is 30.7 Å². The van der Waals surface area contributed by atoms with E-state index in [1.165, 1.54) is 24.8 Å². The highest BCUT2D eigenvalue weighted by molar-refractivity contribution is 6.36. The van der Waals surface area contributed by atoms with Crippen LogP contribution in [0.15, 0.2) is 54.7 Å². The molecule has 30 heavy (non-hydrogen) atoms. The molecule has 1 fully saturated rings. The van der Waals surface area contributed by atoms with E-state index in [4.69, 9.17) is 16.3 Å². The number of nitrogens with zero attached hydrogens (tertiary/aromatic N) is 1. The molecule has 1 aliphatic rings. The number of methoxy groups -OCH3 is 1. The van der Waals surface area contributed by atoms with E-state index in [-0.39, 0.29) is 11.3 Å². The van der Waals surface area contributed by atoms with Gasteiger partial charge >= 0.3 is 0 Å². The maximum absolute atomic E-state index is 13.3. The molecular formula is C25H29ClN2O2. The molecule has 1 amide bonds. The van der Waals surface area contributed by atoms with Crippen LogP contribution in [0.1, 0.15) is 48.0 Å². The Balaban J connectivity index is 1.61. The number of ether oxygens (including phenoxy) is 1. The lowest BCUT2D eigenvalue weighted by molar-refractivity contribution is 0.0938. The van der Waals surface area contributed by atoms with Gasteiger partial charge in [0.15, 0.2) is 0 Å². The average molecular weight is 425 g/mol. The fourth-order valence-electron chi connectivity index (χ4n) is 4.79. The van der Waals surface area contributed by atoms with Crippen molar-refractivity contribution in [3.05, 3.63) is 70.9 Å². The molecule has 1 saturated carbocycles. The molecule has 1 aliphatic carbocycles. The number of halogens is 1. The summed E-state index contributed by atoms with van der Waals surface area (Å²) in [5.41, 5.74) is 2.92. The van der Waals surface area contributed by atoms with Crippen molar-refractivity contribution in [3.63, 3.8) is 0 Å². The van der Waals surface area contributed by atoms with Crippen LogP contribution < -0.4 is 5.32 Å². The summed E-state index contributed by atoms with van der Waals surface area (Å²) in [6, 6.07) is 16.4. The van der Waals surface area contributed by atoms with Gasteiger partial charge in [-0.1, -0.05) is 67.3 Å². The molecule has 0 bridgehead atoms. The number of hydrogen-bond acceptors (Lipinski definition) is 2. The summed E-state index contributed by atoms with van der Waals surface area (Å²) in [6.07, 6.45) is 7.78. The molecule has 0 atom stereocenters. The smallest absolute Gasteiger partial charge is 0.253 e. The number of fused-ring (bicyclic) bond motifs is 1. The van der Waals surface area contributed by atoms with Gasteiger partial charge in [0.1, 0.15) is 0 Å². The molecule has 0 spiro atoms. The summed E-state index contributed by atoms with van der Waals surface area (Å²) in [7, 11) is 1.68. The van der Waals surface area contributed by atoms with E-state index in [1.807, 2.05) is 29.0 Å². The molecule has 0 saturated heterocycles. The third-order valence-corrected chi connectivity index (χ3v) is 6.74. The molecule has 1 N–H and O–H groups in total. The molecule has 5 heteroatoms. The number of nitrogens with one attached hydrogen (secondary N) is 1. The van der Waals surface area contributed by atoms with E-state index in [2.05, 4.69) is 35.6 Å². The van der Waals surface area contributed by atoms with E-state index in [0.29, 0.717) is 30.3 Å². The van der Waals surface area contributed by atoms with Gasteiger partial charge in [0.2, 0.25) is 0 Å². The number of rotatable bonds is 7. The quantitative estimate of drug-likeness (QED) is 0.538. The molecule has 1 aromatic heterocycles. The number of benzene rings is 2. The van der Waals surface area contributed by atoms with Gasteiger partial charge in [-0.2, -0.15) is 0 Å².